The van der Waals surface area contributed by atoms with E-state index >= 15 is 0 Å². The monoisotopic (exact) mass is 269 g/mol. The number of fused-ring (bicyclic) bond motifs is 1. The number of benzene rings is 1. The minimum atomic E-state index is -4.08. The van der Waals surface area contributed by atoms with Crippen molar-refractivity contribution in [1.82, 2.24) is 15.3 Å². The summed E-state index contributed by atoms with van der Waals surface area (Å²) in [6.45, 7) is 0.740. The molecule has 0 bridgehead atoms. The van der Waals surface area contributed by atoms with E-state index in [2.05, 4.69) is 15.3 Å². The van der Waals surface area contributed by atoms with Crippen molar-refractivity contribution in [2.45, 2.75) is 25.6 Å². The molecule has 3 nitrogen and oxygen atoms in total. The van der Waals surface area contributed by atoms with E-state index in [4.69, 9.17) is 0 Å². The SMILES string of the molecule is FC(F)(F)CCCNCc1cnc2ccccc2n1. The molecule has 19 heavy (non-hydrogen) atoms. The van der Waals surface area contributed by atoms with Crippen LogP contribution in [0, 0.1) is 0 Å². The van der Waals surface area contributed by atoms with Crippen LogP contribution in [-0.4, -0.2) is 22.7 Å². The molecular formula is C13H14F3N3. The molecule has 0 aliphatic carbocycles. The first-order chi connectivity index (χ1) is 9.04. The van der Waals surface area contributed by atoms with Crippen LogP contribution < -0.4 is 5.32 Å². The Morgan fingerprint density at radius 1 is 1.11 bits per heavy atom. The number of aromatic nitrogens is 2. The largest absolute Gasteiger partial charge is 0.389 e. The van der Waals surface area contributed by atoms with Crippen LogP contribution in [0.1, 0.15) is 18.5 Å². The van der Waals surface area contributed by atoms with Gasteiger partial charge in [-0.25, -0.2) is 4.98 Å². The fraction of sp³-hybridized carbons (Fsp3) is 0.385. The van der Waals surface area contributed by atoms with Crippen LogP contribution in [0.15, 0.2) is 30.5 Å². The molecule has 0 saturated carbocycles. The summed E-state index contributed by atoms with van der Waals surface area (Å²) in [5.41, 5.74) is 2.33. The van der Waals surface area contributed by atoms with Crippen molar-refractivity contribution < 1.29 is 13.2 Å². The zero-order chi connectivity index (χ0) is 13.7. The number of rotatable bonds is 5. The Labute approximate surface area is 108 Å². The van der Waals surface area contributed by atoms with Gasteiger partial charge in [-0.3, -0.25) is 4.98 Å². The van der Waals surface area contributed by atoms with E-state index in [0.717, 1.165) is 16.7 Å². The number of nitrogens with one attached hydrogen (secondary N) is 1. The van der Waals surface area contributed by atoms with E-state index in [0.29, 0.717) is 13.1 Å². The van der Waals surface area contributed by atoms with Gasteiger partial charge in [-0.2, -0.15) is 13.2 Å². The van der Waals surface area contributed by atoms with Gasteiger partial charge in [0.2, 0.25) is 0 Å². The maximum Gasteiger partial charge on any atom is 0.389 e. The maximum absolute atomic E-state index is 11.9. The summed E-state index contributed by atoms with van der Waals surface area (Å²) >= 11 is 0. The van der Waals surface area contributed by atoms with E-state index in [1.165, 1.54) is 0 Å². The molecule has 0 spiro atoms. The highest BCUT2D eigenvalue weighted by molar-refractivity contribution is 5.73. The molecule has 1 heterocycles. The van der Waals surface area contributed by atoms with Gasteiger partial charge in [-0.05, 0) is 25.1 Å². The van der Waals surface area contributed by atoms with Crippen molar-refractivity contribution in [3.05, 3.63) is 36.2 Å². The lowest BCUT2D eigenvalue weighted by atomic mass is 10.3. The van der Waals surface area contributed by atoms with Crippen LogP contribution in [0.4, 0.5) is 13.2 Å². The number of halogens is 3. The number of nitrogens with zero attached hydrogens (tertiary/aromatic N) is 2. The number of alkyl halides is 3. The molecule has 1 N–H and O–H groups in total. The highest BCUT2D eigenvalue weighted by Crippen LogP contribution is 2.20. The van der Waals surface area contributed by atoms with Gasteiger partial charge in [-0.1, -0.05) is 12.1 Å². The summed E-state index contributed by atoms with van der Waals surface area (Å²) in [7, 11) is 0. The Balaban J connectivity index is 1.82. The van der Waals surface area contributed by atoms with Gasteiger partial charge in [0.05, 0.1) is 22.9 Å². The summed E-state index contributed by atoms with van der Waals surface area (Å²) in [6, 6.07) is 7.47. The predicted octanol–water partition coefficient (Wildman–Crippen LogP) is 3.06. The molecule has 0 amide bonds. The van der Waals surface area contributed by atoms with Crippen molar-refractivity contribution in [2.75, 3.05) is 6.54 Å². The van der Waals surface area contributed by atoms with Gasteiger partial charge in [0.25, 0.3) is 0 Å². The van der Waals surface area contributed by atoms with Gasteiger partial charge in [0.15, 0.2) is 0 Å². The molecule has 0 atom stereocenters. The number of para-hydroxylation sites is 2. The smallest absolute Gasteiger partial charge is 0.311 e. The van der Waals surface area contributed by atoms with E-state index in [1.807, 2.05) is 24.3 Å². The molecule has 0 radical (unpaired) electrons. The van der Waals surface area contributed by atoms with Crippen LogP contribution in [-0.2, 0) is 6.54 Å². The Bertz CT molecular complexity index is 540. The van der Waals surface area contributed by atoms with Crippen LogP contribution >= 0.6 is 0 Å². The Morgan fingerprint density at radius 3 is 2.58 bits per heavy atom. The summed E-state index contributed by atoms with van der Waals surface area (Å²) in [4.78, 5) is 8.61. The lowest BCUT2D eigenvalue weighted by molar-refractivity contribution is -0.135. The summed E-state index contributed by atoms with van der Waals surface area (Å²) in [5.74, 6) is 0. The highest BCUT2D eigenvalue weighted by atomic mass is 19.4. The third-order valence-corrected chi connectivity index (χ3v) is 2.62. The Kier molecular flexibility index (Phi) is 4.31. The molecule has 0 aliphatic heterocycles. The van der Waals surface area contributed by atoms with Gasteiger partial charge in [-0.15, -0.1) is 0 Å². The van der Waals surface area contributed by atoms with Gasteiger partial charge < -0.3 is 5.32 Å². The fourth-order valence-corrected chi connectivity index (χ4v) is 1.71. The summed E-state index contributed by atoms with van der Waals surface area (Å²) in [5, 5.41) is 2.94. The molecule has 6 heteroatoms. The third-order valence-electron chi connectivity index (χ3n) is 2.62. The molecular weight excluding hydrogens is 255 g/mol. The zero-order valence-electron chi connectivity index (χ0n) is 10.2. The maximum atomic E-state index is 11.9. The van der Waals surface area contributed by atoms with E-state index in [1.54, 1.807) is 6.20 Å². The van der Waals surface area contributed by atoms with Gasteiger partial charge in [0.1, 0.15) is 0 Å². The second-order valence-corrected chi connectivity index (χ2v) is 4.25. The van der Waals surface area contributed by atoms with Crippen molar-refractivity contribution in [3.8, 4) is 0 Å². The first-order valence-corrected chi connectivity index (χ1v) is 6.03. The Hall–Kier alpha value is -1.69. The van der Waals surface area contributed by atoms with Gasteiger partial charge in [0, 0.05) is 13.0 Å². The molecule has 0 saturated heterocycles. The lowest BCUT2D eigenvalue weighted by Crippen LogP contribution is -2.18. The van der Waals surface area contributed by atoms with Crippen molar-refractivity contribution in [3.63, 3.8) is 0 Å². The van der Waals surface area contributed by atoms with Crippen molar-refractivity contribution in [1.29, 1.82) is 0 Å². The van der Waals surface area contributed by atoms with E-state index < -0.39 is 12.6 Å². The minimum Gasteiger partial charge on any atom is -0.311 e. The zero-order valence-corrected chi connectivity index (χ0v) is 10.2. The topological polar surface area (TPSA) is 37.8 Å². The van der Waals surface area contributed by atoms with Crippen LogP contribution in [0.25, 0.3) is 11.0 Å². The van der Waals surface area contributed by atoms with Gasteiger partial charge >= 0.3 is 6.18 Å². The first-order valence-electron chi connectivity index (χ1n) is 6.03. The first kappa shape index (κ1) is 13.7. The van der Waals surface area contributed by atoms with Crippen LogP contribution in [0.5, 0.6) is 0 Å². The van der Waals surface area contributed by atoms with Crippen molar-refractivity contribution >= 4 is 11.0 Å². The summed E-state index contributed by atoms with van der Waals surface area (Å²) in [6.07, 6.45) is -3.13. The van der Waals surface area contributed by atoms with Crippen molar-refractivity contribution in [2.24, 2.45) is 0 Å². The molecule has 2 rings (SSSR count). The molecule has 2 aromatic rings. The molecule has 0 fully saturated rings. The number of hydrogen-bond donors (Lipinski definition) is 1. The molecule has 102 valence electrons. The summed E-state index contributed by atoms with van der Waals surface area (Å²) < 4.78 is 35.8. The van der Waals surface area contributed by atoms with E-state index in [9.17, 15) is 13.2 Å². The van der Waals surface area contributed by atoms with Crippen LogP contribution in [0.3, 0.4) is 0 Å². The minimum absolute atomic E-state index is 0.0739. The molecule has 0 aliphatic rings. The second kappa shape index (κ2) is 5.97. The molecule has 0 unspecified atom stereocenters. The second-order valence-electron chi connectivity index (χ2n) is 4.25. The predicted molar refractivity (Wildman–Crippen MR) is 66.5 cm³/mol. The highest BCUT2D eigenvalue weighted by Gasteiger charge is 2.25. The average Bonchev–Trinajstić information content (AvgIpc) is 2.37. The Morgan fingerprint density at radius 2 is 1.84 bits per heavy atom. The number of hydrogen-bond acceptors (Lipinski definition) is 3. The fourth-order valence-electron chi connectivity index (χ4n) is 1.71. The molecule has 1 aromatic carbocycles. The molecule has 1 aromatic heterocycles. The normalized spacial score (nSPS) is 11.9. The standard InChI is InChI=1S/C13H14F3N3/c14-13(15,16)6-3-7-17-8-10-9-18-11-4-1-2-5-12(11)19-10/h1-2,4-5,9,17H,3,6-8H2. The average molecular weight is 269 g/mol. The van der Waals surface area contributed by atoms with E-state index in [-0.39, 0.29) is 6.42 Å². The van der Waals surface area contributed by atoms with Crippen LogP contribution in [0.2, 0.25) is 0 Å². The quantitative estimate of drug-likeness (QED) is 0.848. The lowest BCUT2D eigenvalue weighted by Gasteiger charge is -2.07. The third kappa shape index (κ3) is 4.48.